The Bertz CT molecular complexity index is 757. The van der Waals surface area contributed by atoms with Gasteiger partial charge in [0.25, 0.3) is 5.91 Å². The van der Waals surface area contributed by atoms with Gasteiger partial charge in [0.2, 0.25) is 6.10 Å². The van der Waals surface area contributed by atoms with Crippen molar-refractivity contribution in [3.63, 3.8) is 0 Å². The number of amides is 1. The van der Waals surface area contributed by atoms with Crippen molar-refractivity contribution in [1.82, 2.24) is 4.90 Å². The van der Waals surface area contributed by atoms with Crippen molar-refractivity contribution >= 4 is 23.7 Å². The number of halogens is 1. The fourth-order valence-electron chi connectivity index (χ4n) is 3.14. The third-order valence-electron chi connectivity index (χ3n) is 4.72. The Hall–Kier alpha value is -2.37. The monoisotopic (exact) mass is 386 g/mol. The van der Waals surface area contributed by atoms with Gasteiger partial charge in [0.1, 0.15) is 6.54 Å². The first-order valence-corrected chi connectivity index (χ1v) is 9.60. The van der Waals surface area contributed by atoms with Crippen LogP contribution in [-0.4, -0.2) is 49.3 Å². The SMILES string of the molecule is C[C@@H](O/N=C\c1ccc(Cl)cc1)C(=O)N1CC[NH+](Cc2ccccc2)CC1. The minimum absolute atomic E-state index is 0.0120. The van der Waals surface area contributed by atoms with Crippen LogP contribution in [0.2, 0.25) is 5.02 Å². The van der Waals surface area contributed by atoms with Crippen LogP contribution >= 0.6 is 11.6 Å². The molecule has 0 radical (unpaired) electrons. The quantitative estimate of drug-likeness (QED) is 0.609. The van der Waals surface area contributed by atoms with Gasteiger partial charge in [-0.05, 0) is 24.6 Å². The van der Waals surface area contributed by atoms with E-state index in [4.69, 9.17) is 16.4 Å². The van der Waals surface area contributed by atoms with E-state index in [9.17, 15) is 4.79 Å². The zero-order valence-corrected chi connectivity index (χ0v) is 16.2. The van der Waals surface area contributed by atoms with E-state index in [2.05, 4.69) is 29.4 Å². The van der Waals surface area contributed by atoms with E-state index in [1.165, 1.54) is 10.5 Å². The Labute approximate surface area is 165 Å². The number of rotatable bonds is 6. The maximum absolute atomic E-state index is 12.6. The highest BCUT2D eigenvalue weighted by atomic mass is 35.5. The summed E-state index contributed by atoms with van der Waals surface area (Å²) in [4.78, 5) is 21.3. The summed E-state index contributed by atoms with van der Waals surface area (Å²) >= 11 is 5.85. The first kappa shape index (κ1) is 19.4. The number of nitrogens with one attached hydrogen (secondary N) is 1. The van der Waals surface area contributed by atoms with Gasteiger partial charge in [-0.2, -0.15) is 0 Å². The fourth-order valence-corrected chi connectivity index (χ4v) is 3.26. The molecule has 3 rings (SSSR count). The van der Waals surface area contributed by atoms with E-state index in [0.717, 1.165) is 38.3 Å². The molecule has 0 bridgehead atoms. The molecule has 2 aromatic rings. The van der Waals surface area contributed by atoms with Gasteiger partial charge in [0, 0.05) is 10.6 Å². The average molecular weight is 387 g/mol. The number of hydrogen-bond donors (Lipinski definition) is 1. The zero-order valence-electron chi connectivity index (χ0n) is 15.5. The number of hydrogen-bond acceptors (Lipinski definition) is 3. The van der Waals surface area contributed by atoms with Crippen molar-refractivity contribution in [3.05, 3.63) is 70.7 Å². The van der Waals surface area contributed by atoms with E-state index in [0.29, 0.717) is 5.02 Å². The zero-order chi connectivity index (χ0) is 19.1. The maximum atomic E-state index is 12.6. The maximum Gasteiger partial charge on any atom is 0.266 e. The summed E-state index contributed by atoms with van der Waals surface area (Å²) in [5, 5.41) is 4.61. The lowest BCUT2D eigenvalue weighted by atomic mass is 10.2. The van der Waals surface area contributed by atoms with Gasteiger partial charge in [-0.25, -0.2) is 0 Å². The van der Waals surface area contributed by atoms with E-state index in [1.54, 1.807) is 25.3 Å². The first-order valence-electron chi connectivity index (χ1n) is 9.23. The molecule has 0 spiro atoms. The standard InChI is InChI=1S/C21H24ClN3O2/c1-17(27-23-15-18-7-9-20(22)10-8-18)21(26)25-13-11-24(12-14-25)16-19-5-3-2-4-6-19/h2-10,15,17H,11-14,16H2,1H3/p+1/b23-15-/t17-/m1/s1. The fraction of sp³-hybridized carbons (Fsp3) is 0.333. The highest BCUT2D eigenvalue weighted by Gasteiger charge is 2.27. The molecule has 1 aliphatic rings. The second kappa shape index (κ2) is 9.53. The topological polar surface area (TPSA) is 46.3 Å². The first-order chi connectivity index (χ1) is 13.1. The van der Waals surface area contributed by atoms with Crippen LogP contribution < -0.4 is 4.90 Å². The van der Waals surface area contributed by atoms with Gasteiger partial charge in [-0.15, -0.1) is 0 Å². The molecule has 0 aliphatic carbocycles. The molecule has 1 fully saturated rings. The summed E-state index contributed by atoms with van der Waals surface area (Å²) in [5.74, 6) is -0.0120. The molecule has 0 saturated carbocycles. The molecule has 1 saturated heterocycles. The second-order valence-corrected chi connectivity index (χ2v) is 7.21. The number of quaternary nitrogens is 1. The second-order valence-electron chi connectivity index (χ2n) is 6.77. The normalized spacial score (nSPS) is 16.4. The molecule has 1 heterocycles. The van der Waals surface area contributed by atoms with Crippen LogP contribution in [0.25, 0.3) is 0 Å². The Morgan fingerprint density at radius 3 is 2.52 bits per heavy atom. The molecular formula is C21H25ClN3O2+. The lowest BCUT2D eigenvalue weighted by Crippen LogP contribution is -3.13. The average Bonchev–Trinajstić information content (AvgIpc) is 2.70. The predicted molar refractivity (Wildman–Crippen MR) is 107 cm³/mol. The van der Waals surface area contributed by atoms with Crippen LogP contribution in [0.1, 0.15) is 18.1 Å². The number of benzene rings is 2. The molecule has 2 aromatic carbocycles. The van der Waals surface area contributed by atoms with Crippen LogP contribution in [0.15, 0.2) is 59.8 Å². The summed E-state index contributed by atoms with van der Waals surface area (Å²) in [5.41, 5.74) is 2.21. The molecule has 1 aliphatic heterocycles. The van der Waals surface area contributed by atoms with Crippen LogP contribution in [-0.2, 0) is 16.2 Å². The molecule has 142 valence electrons. The Balaban J connectivity index is 1.43. The molecule has 0 aromatic heterocycles. The third-order valence-corrected chi connectivity index (χ3v) is 4.97. The van der Waals surface area contributed by atoms with Gasteiger partial charge < -0.3 is 14.6 Å². The smallest absolute Gasteiger partial charge is 0.266 e. The van der Waals surface area contributed by atoms with Crippen LogP contribution in [0.4, 0.5) is 0 Å². The van der Waals surface area contributed by atoms with Gasteiger partial charge in [-0.3, -0.25) is 4.79 Å². The molecule has 1 N–H and O–H groups in total. The van der Waals surface area contributed by atoms with Crippen LogP contribution in [0, 0.1) is 0 Å². The Kier molecular flexibility index (Phi) is 6.85. The molecule has 1 atom stereocenters. The lowest BCUT2D eigenvalue weighted by molar-refractivity contribution is -0.917. The number of carbonyl (C=O) groups is 1. The number of nitrogens with zero attached hydrogens (tertiary/aromatic N) is 2. The largest absolute Gasteiger partial charge is 0.383 e. The Morgan fingerprint density at radius 2 is 1.85 bits per heavy atom. The van der Waals surface area contributed by atoms with Crippen molar-refractivity contribution in [3.8, 4) is 0 Å². The van der Waals surface area contributed by atoms with Crippen molar-refractivity contribution in [2.75, 3.05) is 26.2 Å². The van der Waals surface area contributed by atoms with Crippen molar-refractivity contribution in [2.24, 2.45) is 5.16 Å². The molecule has 27 heavy (non-hydrogen) atoms. The minimum Gasteiger partial charge on any atom is -0.383 e. The minimum atomic E-state index is -0.593. The highest BCUT2D eigenvalue weighted by Crippen LogP contribution is 2.08. The molecule has 0 unspecified atom stereocenters. The summed E-state index contributed by atoms with van der Waals surface area (Å²) in [7, 11) is 0. The van der Waals surface area contributed by atoms with Gasteiger partial charge in [0.15, 0.2) is 0 Å². The van der Waals surface area contributed by atoms with E-state index in [-0.39, 0.29) is 5.91 Å². The summed E-state index contributed by atoms with van der Waals surface area (Å²) in [6.07, 6.45) is 0.992. The summed E-state index contributed by atoms with van der Waals surface area (Å²) in [6.45, 7) is 6.12. The van der Waals surface area contributed by atoms with E-state index < -0.39 is 6.10 Å². The number of carbonyl (C=O) groups excluding carboxylic acids is 1. The van der Waals surface area contributed by atoms with Gasteiger partial charge >= 0.3 is 0 Å². The van der Waals surface area contributed by atoms with Crippen LogP contribution in [0.3, 0.4) is 0 Å². The molecule has 1 amide bonds. The van der Waals surface area contributed by atoms with Crippen molar-refractivity contribution in [1.29, 1.82) is 0 Å². The number of piperazine rings is 1. The molecular weight excluding hydrogens is 362 g/mol. The van der Waals surface area contributed by atoms with Crippen LogP contribution in [0.5, 0.6) is 0 Å². The Morgan fingerprint density at radius 1 is 1.19 bits per heavy atom. The summed E-state index contributed by atoms with van der Waals surface area (Å²) in [6, 6.07) is 17.7. The van der Waals surface area contributed by atoms with Gasteiger partial charge in [-0.1, -0.05) is 59.2 Å². The van der Waals surface area contributed by atoms with Crippen molar-refractivity contribution in [2.45, 2.75) is 19.6 Å². The lowest BCUT2D eigenvalue weighted by Gasteiger charge is -2.33. The van der Waals surface area contributed by atoms with Gasteiger partial charge in [0.05, 0.1) is 32.4 Å². The molecule has 5 nitrogen and oxygen atoms in total. The van der Waals surface area contributed by atoms with E-state index in [1.807, 2.05) is 23.1 Å². The predicted octanol–water partition coefficient (Wildman–Crippen LogP) is 2.01. The number of oxime groups is 1. The molecule has 6 heteroatoms. The van der Waals surface area contributed by atoms with Crippen molar-refractivity contribution < 1.29 is 14.5 Å². The van der Waals surface area contributed by atoms with E-state index >= 15 is 0 Å². The third kappa shape index (κ3) is 5.81. The highest BCUT2D eigenvalue weighted by molar-refractivity contribution is 6.30. The summed E-state index contributed by atoms with van der Waals surface area (Å²) < 4.78 is 0.